The fourth-order valence-corrected chi connectivity index (χ4v) is 3.65. The molecule has 5 heteroatoms. The number of halogens is 1. The van der Waals surface area contributed by atoms with E-state index in [2.05, 4.69) is 11.2 Å². The average molecular weight is 291 g/mol. The van der Waals surface area contributed by atoms with Gasteiger partial charge in [-0.15, -0.1) is 0 Å². The van der Waals surface area contributed by atoms with Crippen LogP contribution in [-0.2, 0) is 0 Å². The van der Waals surface area contributed by atoms with Gasteiger partial charge in [-0.2, -0.15) is 0 Å². The normalized spacial score (nSPS) is 28.1. The number of hydrogen-bond donors (Lipinski definition) is 1. The monoisotopic (exact) mass is 290 g/mol. The third kappa shape index (κ3) is 1.71. The van der Waals surface area contributed by atoms with Gasteiger partial charge in [0.05, 0.1) is 24.1 Å². The Bertz CT molecular complexity index is 774. The van der Waals surface area contributed by atoms with Crippen molar-refractivity contribution in [3.05, 3.63) is 39.7 Å². The van der Waals surface area contributed by atoms with Crippen LogP contribution >= 0.6 is 11.6 Å². The van der Waals surface area contributed by atoms with Crippen molar-refractivity contribution in [1.29, 1.82) is 0 Å². The Balaban J connectivity index is 1.85. The topological polar surface area (TPSA) is 47.0 Å². The van der Waals surface area contributed by atoms with Crippen LogP contribution in [0.2, 0.25) is 0 Å². The van der Waals surface area contributed by atoms with Gasteiger partial charge in [0.2, 0.25) is 0 Å². The van der Waals surface area contributed by atoms with Gasteiger partial charge in [0.15, 0.2) is 0 Å². The SMILES string of the molecule is COc1ccc2c(c1)c(=O)[nH]n2C1CC(Cl)=C[C@@H]2CC12. The van der Waals surface area contributed by atoms with Crippen LogP contribution < -0.4 is 10.3 Å². The number of nitrogens with one attached hydrogen (secondary N) is 1. The van der Waals surface area contributed by atoms with Crippen LogP contribution in [0.25, 0.3) is 10.9 Å². The predicted octanol–water partition coefficient (Wildman–Crippen LogP) is 3.04. The summed E-state index contributed by atoms with van der Waals surface area (Å²) in [6, 6.07) is 5.87. The lowest BCUT2D eigenvalue weighted by Gasteiger charge is -2.22. The number of aromatic nitrogens is 2. The molecule has 1 heterocycles. The van der Waals surface area contributed by atoms with E-state index in [0.717, 1.165) is 17.0 Å². The number of hydrogen-bond acceptors (Lipinski definition) is 2. The Morgan fingerprint density at radius 1 is 1.45 bits per heavy atom. The highest BCUT2D eigenvalue weighted by molar-refractivity contribution is 6.29. The molecule has 2 aliphatic rings. The van der Waals surface area contributed by atoms with Crippen molar-refractivity contribution in [3.8, 4) is 5.75 Å². The summed E-state index contributed by atoms with van der Waals surface area (Å²) in [5.41, 5.74) is 0.861. The number of ether oxygens (including phenoxy) is 1. The van der Waals surface area contributed by atoms with Crippen LogP contribution in [0.4, 0.5) is 0 Å². The number of aromatic amines is 1. The molecule has 0 amide bonds. The van der Waals surface area contributed by atoms with Crippen LogP contribution in [0, 0.1) is 11.8 Å². The van der Waals surface area contributed by atoms with E-state index in [1.807, 2.05) is 16.8 Å². The number of rotatable bonds is 2. The van der Waals surface area contributed by atoms with Gasteiger partial charge in [0, 0.05) is 11.5 Å². The zero-order valence-electron chi connectivity index (χ0n) is 11.1. The Morgan fingerprint density at radius 3 is 3.10 bits per heavy atom. The molecule has 1 fully saturated rings. The Labute approximate surface area is 121 Å². The number of methoxy groups -OCH3 is 1. The van der Waals surface area contributed by atoms with E-state index in [1.165, 1.54) is 6.42 Å². The molecule has 0 bridgehead atoms. The van der Waals surface area contributed by atoms with Crippen molar-refractivity contribution in [1.82, 2.24) is 9.78 Å². The van der Waals surface area contributed by atoms with Gasteiger partial charge < -0.3 is 4.74 Å². The molecule has 20 heavy (non-hydrogen) atoms. The highest BCUT2D eigenvalue weighted by Gasteiger charge is 2.46. The molecule has 0 saturated heterocycles. The fourth-order valence-electron chi connectivity index (χ4n) is 3.33. The lowest BCUT2D eigenvalue weighted by atomic mass is 10.0. The lowest BCUT2D eigenvalue weighted by Crippen LogP contribution is -2.18. The number of H-pyrrole nitrogens is 1. The van der Waals surface area contributed by atoms with Gasteiger partial charge in [0.1, 0.15) is 5.75 Å². The molecular formula is C15H15ClN2O2. The molecule has 4 nitrogen and oxygen atoms in total. The largest absolute Gasteiger partial charge is 0.497 e. The molecule has 104 valence electrons. The van der Waals surface area contributed by atoms with Crippen molar-refractivity contribution >= 4 is 22.5 Å². The van der Waals surface area contributed by atoms with Gasteiger partial charge in [-0.1, -0.05) is 17.7 Å². The van der Waals surface area contributed by atoms with Crippen molar-refractivity contribution < 1.29 is 4.74 Å². The zero-order chi connectivity index (χ0) is 13.9. The molecule has 0 aliphatic heterocycles. The number of nitrogens with zero attached hydrogens (tertiary/aromatic N) is 1. The predicted molar refractivity (Wildman–Crippen MR) is 78.3 cm³/mol. The van der Waals surface area contributed by atoms with Crippen molar-refractivity contribution in [2.45, 2.75) is 18.9 Å². The molecule has 1 aromatic heterocycles. The Hall–Kier alpha value is -1.68. The number of benzene rings is 1. The Morgan fingerprint density at radius 2 is 2.30 bits per heavy atom. The fraction of sp³-hybridized carbons (Fsp3) is 0.400. The van der Waals surface area contributed by atoms with Gasteiger partial charge in [-0.05, 0) is 36.5 Å². The van der Waals surface area contributed by atoms with Gasteiger partial charge in [-0.25, -0.2) is 0 Å². The third-order valence-electron chi connectivity index (χ3n) is 4.45. The summed E-state index contributed by atoms with van der Waals surface area (Å²) in [6.07, 6.45) is 4.13. The molecule has 1 aromatic carbocycles. The van der Waals surface area contributed by atoms with Gasteiger partial charge in [-0.3, -0.25) is 14.6 Å². The second-order valence-corrected chi connectivity index (χ2v) is 6.13. The summed E-state index contributed by atoms with van der Waals surface area (Å²) < 4.78 is 7.18. The molecule has 4 rings (SSSR count). The van der Waals surface area contributed by atoms with Crippen molar-refractivity contribution in [2.24, 2.45) is 11.8 Å². The van der Waals surface area contributed by atoms with Crippen LogP contribution in [0.5, 0.6) is 5.75 Å². The van der Waals surface area contributed by atoms with Crippen LogP contribution in [0.1, 0.15) is 18.9 Å². The third-order valence-corrected chi connectivity index (χ3v) is 4.73. The van der Waals surface area contributed by atoms with Crippen LogP contribution in [-0.4, -0.2) is 16.9 Å². The molecule has 0 spiro atoms. The first-order valence-electron chi connectivity index (χ1n) is 6.82. The maximum absolute atomic E-state index is 12.1. The summed E-state index contributed by atoms with van der Waals surface area (Å²) in [4.78, 5) is 12.1. The van der Waals surface area contributed by atoms with Crippen molar-refractivity contribution in [3.63, 3.8) is 0 Å². The van der Waals surface area contributed by atoms with E-state index in [0.29, 0.717) is 23.0 Å². The summed E-state index contributed by atoms with van der Waals surface area (Å²) in [5.74, 6) is 1.89. The molecule has 2 aliphatic carbocycles. The van der Waals surface area contributed by atoms with E-state index in [1.54, 1.807) is 13.2 Å². The summed E-state index contributed by atoms with van der Waals surface area (Å²) in [7, 11) is 1.60. The maximum Gasteiger partial charge on any atom is 0.272 e. The first-order chi connectivity index (χ1) is 9.67. The number of fused-ring (bicyclic) bond motifs is 2. The zero-order valence-corrected chi connectivity index (χ0v) is 11.9. The van der Waals surface area contributed by atoms with Crippen LogP contribution in [0.15, 0.2) is 34.1 Å². The Kier molecular flexibility index (Phi) is 2.51. The van der Waals surface area contributed by atoms with E-state index in [-0.39, 0.29) is 11.6 Å². The second kappa shape index (κ2) is 4.16. The highest BCUT2D eigenvalue weighted by Crippen LogP contribution is 2.54. The highest BCUT2D eigenvalue weighted by atomic mass is 35.5. The van der Waals surface area contributed by atoms with Gasteiger partial charge >= 0.3 is 0 Å². The standard InChI is InChI=1S/C15H15ClN2O2/c1-20-10-2-3-13-12(7-10)15(19)17-18(13)14-6-9(16)4-8-5-11(8)14/h2-4,7-8,11,14H,5-6H2,1H3,(H,17,19)/t8-,11?,14?/m1/s1. The van der Waals surface area contributed by atoms with Gasteiger partial charge in [0.25, 0.3) is 5.56 Å². The molecule has 1 saturated carbocycles. The molecule has 0 radical (unpaired) electrons. The van der Waals surface area contributed by atoms with Crippen molar-refractivity contribution in [2.75, 3.05) is 7.11 Å². The minimum atomic E-state index is -0.0678. The minimum Gasteiger partial charge on any atom is -0.497 e. The maximum atomic E-state index is 12.1. The lowest BCUT2D eigenvalue weighted by molar-refractivity contribution is 0.395. The quantitative estimate of drug-likeness (QED) is 0.924. The summed E-state index contributed by atoms with van der Waals surface area (Å²) >= 11 is 6.22. The second-order valence-electron chi connectivity index (χ2n) is 5.64. The van der Waals surface area contributed by atoms with E-state index in [9.17, 15) is 4.79 Å². The summed E-state index contributed by atoms with van der Waals surface area (Å²) in [5, 5.41) is 4.55. The molecule has 2 unspecified atom stereocenters. The first kappa shape index (κ1) is 12.1. The van der Waals surface area contributed by atoms with E-state index < -0.39 is 0 Å². The molecule has 1 N–H and O–H groups in total. The number of allylic oxidation sites excluding steroid dienone is 2. The van der Waals surface area contributed by atoms with E-state index in [4.69, 9.17) is 16.3 Å². The molecule has 3 atom stereocenters. The summed E-state index contributed by atoms with van der Waals surface area (Å²) in [6.45, 7) is 0. The molecular weight excluding hydrogens is 276 g/mol. The smallest absolute Gasteiger partial charge is 0.272 e. The van der Waals surface area contributed by atoms with Crippen LogP contribution in [0.3, 0.4) is 0 Å². The average Bonchev–Trinajstić information content (AvgIpc) is 3.15. The van der Waals surface area contributed by atoms with E-state index >= 15 is 0 Å². The minimum absolute atomic E-state index is 0.0678. The first-order valence-corrected chi connectivity index (χ1v) is 7.19. The molecule has 2 aromatic rings.